The lowest BCUT2D eigenvalue weighted by Gasteiger charge is -2.36. The normalized spacial score (nSPS) is 21.7. The highest BCUT2D eigenvalue weighted by atomic mass is 16.5. The fraction of sp³-hybridized carbons (Fsp3) is 0.625. The highest BCUT2D eigenvalue weighted by Crippen LogP contribution is 2.23. The number of hydrogen-bond acceptors (Lipinski definition) is 5. The van der Waals surface area contributed by atoms with Gasteiger partial charge < -0.3 is 19.7 Å². The standard InChI is InChI=1S/C16H25N3O3/c1-12-6-8-19(11-14(12)22-3)15-5-4-13(10-18-15)16(20)17-7-9-21-2/h4-5,10,12,14H,6-9,11H2,1-3H3,(H,17,20). The Bertz CT molecular complexity index is 478. The number of anilines is 1. The molecule has 0 aliphatic carbocycles. The molecule has 22 heavy (non-hydrogen) atoms. The molecule has 1 aromatic heterocycles. The average Bonchev–Trinajstić information content (AvgIpc) is 2.55. The van der Waals surface area contributed by atoms with Crippen LogP contribution in [0.3, 0.4) is 0 Å². The van der Waals surface area contributed by atoms with Crippen molar-refractivity contribution in [2.24, 2.45) is 5.92 Å². The van der Waals surface area contributed by atoms with Gasteiger partial charge in [-0.2, -0.15) is 0 Å². The van der Waals surface area contributed by atoms with E-state index in [9.17, 15) is 4.79 Å². The third-order valence-corrected chi connectivity index (χ3v) is 4.12. The third kappa shape index (κ3) is 4.18. The van der Waals surface area contributed by atoms with Crippen LogP contribution in [0.5, 0.6) is 0 Å². The van der Waals surface area contributed by atoms with Crippen LogP contribution in [0, 0.1) is 5.92 Å². The maximum atomic E-state index is 11.9. The molecule has 0 saturated carbocycles. The van der Waals surface area contributed by atoms with Gasteiger partial charge >= 0.3 is 0 Å². The molecule has 1 aliphatic heterocycles. The van der Waals surface area contributed by atoms with Gasteiger partial charge in [-0.15, -0.1) is 0 Å². The zero-order valence-electron chi connectivity index (χ0n) is 13.5. The molecule has 1 saturated heterocycles. The number of aromatic nitrogens is 1. The molecule has 122 valence electrons. The number of amides is 1. The number of hydrogen-bond donors (Lipinski definition) is 1. The second-order valence-electron chi connectivity index (χ2n) is 5.64. The van der Waals surface area contributed by atoms with Crippen molar-refractivity contribution in [3.05, 3.63) is 23.9 Å². The summed E-state index contributed by atoms with van der Waals surface area (Å²) in [5, 5.41) is 2.78. The van der Waals surface area contributed by atoms with Gasteiger partial charge in [0.1, 0.15) is 5.82 Å². The van der Waals surface area contributed by atoms with Gasteiger partial charge in [0.2, 0.25) is 0 Å². The molecule has 6 nitrogen and oxygen atoms in total. The van der Waals surface area contributed by atoms with Crippen molar-refractivity contribution in [2.75, 3.05) is 45.4 Å². The molecule has 0 aromatic carbocycles. The van der Waals surface area contributed by atoms with Crippen LogP contribution in [0.4, 0.5) is 5.82 Å². The van der Waals surface area contributed by atoms with Gasteiger partial charge in [-0.25, -0.2) is 4.98 Å². The zero-order chi connectivity index (χ0) is 15.9. The van der Waals surface area contributed by atoms with E-state index < -0.39 is 0 Å². The van der Waals surface area contributed by atoms with E-state index in [-0.39, 0.29) is 12.0 Å². The molecule has 1 aromatic rings. The lowest BCUT2D eigenvalue weighted by atomic mass is 9.96. The van der Waals surface area contributed by atoms with E-state index in [1.165, 1.54) is 0 Å². The summed E-state index contributed by atoms with van der Waals surface area (Å²) < 4.78 is 10.4. The van der Waals surface area contributed by atoms with Gasteiger partial charge in [0.25, 0.3) is 5.91 Å². The van der Waals surface area contributed by atoms with Gasteiger partial charge in [-0.3, -0.25) is 4.79 Å². The molecular weight excluding hydrogens is 282 g/mol. The Morgan fingerprint density at radius 2 is 2.27 bits per heavy atom. The minimum atomic E-state index is -0.127. The van der Waals surface area contributed by atoms with Crippen molar-refractivity contribution in [1.29, 1.82) is 0 Å². The summed E-state index contributed by atoms with van der Waals surface area (Å²) in [6, 6.07) is 3.71. The molecule has 1 aliphatic rings. The summed E-state index contributed by atoms with van der Waals surface area (Å²) in [7, 11) is 3.36. The first-order valence-electron chi connectivity index (χ1n) is 7.66. The van der Waals surface area contributed by atoms with Crippen LogP contribution < -0.4 is 10.2 Å². The van der Waals surface area contributed by atoms with Crippen molar-refractivity contribution in [1.82, 2.24) is 10.3 Å². The largest absolute Gasteiger partial charge is 0.383 e. The number of rotatable bonds is 6. The van der Waals surface area contributed by atoms with Crippen molar-refractivity contribution < 1.29 is 14.3 Å². The molecule has 2 unspecified atom stereocenters. The number of pyridine rings is 1. The maximum Gasteiger partial charge on any atom is 0.252 e. The fourth-order valence-electron chi connectivity index (χ4n) is 2.62. The van der Waals surface area contributed by atoms with E-state index in [4.69, 9.17) is 9.47 Å². The number of methoxy groups -OCH3 is 2. The summed E-state index contributed by atoms with van der Waals surface area (Å²) in [6.07, 6.45) is 2.93. The Labute approximate surface area is 131 Å². The first kappa shape index (κ1) is 16.7. The second-order valence-corrected chi connectivity index (χ2v) is 5.64. The van der Waals surface area contributed by atoms with Gasteiger partial charge in [-0.1, -0.05) is 6.92 Å². The average molecular weight is 307 g/mol. The minimum Gasteiger partial charge on any atom is -0.383 e. The molecular formula is C16H25N3O3. The van der Waals surface area contributed by atoms with Crippen molar-refractivity contribution in [2.45, 2.75) is 19.4 Å². The summed E-state index contributed by atoms with van der Waals surface area (Å²) in [5.41, 5.74) is 0.563. The summed E-state index contributed by atoms with van der Waals surface area (Å²) >= 11 is 0. The number of nitrogens with one attached hydrogen (secondary N) is 1. The Kier molecular flexibility index (Phi) is 6.15. The number of carbonyl (C=O) groups excluding carboxylic acids is 1. The maximum absolute atomic E-state index is 11.9. The van der Waals surface area contributed by atoms with Crippen LogP contribution >= 0.6 is 0 Å². The van der Waals surface area contributed by atoms with E-state index in [0.29, 0.717) is 24.6 Å². The number of ether oxygens (including phenoxy) is 2. The first-order chi connectivity index (χ1) is 10.7. The Morgan fingerprint density at radius 1 is 1.45 bits per heavy atom. The third-order valence-electron chi connectivity index (χ3n) is 4.12. The summed E-state index contributed by atoms with van der Waals surface area (Å²) in [6.45, 7) is 5.02. The molecule has 0 spiro atoms. The lowest BCUT2D eigenvalue weighted by Crippen LogP contribution is -2.44. The first-order valence-corrected chi connectivity index (χ1v) is 7.66. The highest BCUT2D eigenvalue weighted by Gasteiger charge is 2.26. The van der Waals surface area contributed by atoms with Crippen LogP contribution in [0.1, 0.15) is 23.7 Å². The minimum absolute atomic E-state index is 0.127. The van der Waals surface area contributed by atoms with Crippen molar-refractivity contribution >= 4 is 11.7 Å². The monoisotopic (exact) mass is 307 g/mol. The molecule has 1 N–H and O–H groups in total. The Hall–Kier alpha value is -1.66. The molecule has 1 amide bonds. The highest BCUT2D eigenvalue weighted by molar-refractivity contribution is 5.94. The Morgan fingerprint density at radius 3 is 2.91 bits per heavy atom. The predicted octanol–water partition coefficient (Wildman–Crippen LogP) is 1.32. The van der Waals surface area contributed by atoms with Gasteiger partial charge in [0.05, 0.1) is 18.3 Å². The predicted molar refractivity (Wildman–Crippen MR) is 85.2 cm³/mol. The van der Waals surface area contributed by atoms with Gasteiger partial charge in [0.15, 0.2) is 0 Å². The fourth-order valence-corrected chi connectivity index (χ4v) is 2.62. The van der Waals surface area contributed by atoms with Crippen LogP contribution in [0.25, 0.3) is 0 Å². The Balaban J connectivity index is 1.95. The van der Waals surface area contributed by atoms with Crippen LogP contribution in [0.15, 0.2) is 18.3 Å². The number of nitrogens with zero attached hydrogens (tertiary/aromatic N) is 2. The molecule has 6 heteroatoms. The number of piperidine rings is 1. The van der Waals surface area contributed by atoms with E-state index >= 15 is 0 Å². The van der Waals surface area contributed by atoms with E-state index in [0.717, 1.165) is 25.3 Å². The molecule has 2 rings (SSSR count). The number of carbonyl (C=O) groups is 1. The van der Waals surface area contributed by atoms with Gasteiger partial charge in [-0.05, 0) is 24.5 Å². The molecule has 2 heterocycles. The molecule has 0 radical (unpaired) electrons. The van der Waals surface area contributed by atoms with Crippen LogP contribution in [-0.2, 0) is 9.47 Å². The van der Waals surface area contributed by atoms with Crippen LogP contribution in [-0.4, -0.2) is 57.5 Å². The van der Waals surface area contributed by atoms with E-state index in [1.54, 1.807) is 20.4 Å². The molecule has 0 bridgehead atoms. The summed E-state index contributed by atoms with van der Waals surface area (Å²) in [5.74, 6) is 1.33. The van der Waals surface area contributed by atoms with E-state index in [1.807, 2.05) is 12.1 Å². The van der Waals surface area contributed by atoms with Crippen molar-refractivity contribution in [3.8, 4) is 0 Å². The quantitative estimate of drug-likeness (QED) is 0.803. The topological polar surface area (TPSA) is 63.7 Å². The van der Waals surface area contributed by atoms with Gasteiger partial charge in [0, 0.05) is 40.1 Å². The summed E-state index contributed by atoms with van der Waals surface area (Å²) in [4.78, 5) is 18.5. The smallest absolute Gasteiger partial charge is 0.252 e. The molecule has 2 atom stereocenters. The van der Waals surface area contributed by atoms with E-state index in [2.05, 4.69) is 22.1 Å². The second kappa shape index (κ2) is 8.10. The molecule has 1 fully saturated rings. The van der Waals surface area contributed by atoms with Crippen molar-refractivity contribution in [3.63, 3.8) is 0 Å². The zero-order valence-corrected chi connectivity index (χ0v) is 13.5. The van der Waals surface area contributed by atoms with Crippen LogP contribution in [0.2, 0.25) is 0 Å². The lowest BCUT2D eigenvalue weighted by molar-refractivity contribution is 0.0496. The SMILES string of the molecule is COCCNC(=O)c1ccc(N2CCC(C)C(OC)C2)nc1.